The molecule has 0 fully saturated rings. The van der Waals surface area contributed by atoms with Crippen LogP contribution in [0.1, 0.15) is 17.5 Å². The van der Waals surface area contributed by atoms with Crippen molar-refractivity contribution in [3.05, 3.63) is 69.5 Å². The monoisotopic (exact) mass is 353 g/mol. The molecule has 3 rings (SSSR count). The minimum absolute atomic E-state index is 0.0175. The molecule has 1 N–H and O–H groups in total. The molecule has 0 aliphatic heterocycles. The molecule has 0 aliphatic carbocycles. The van der Waals surface area contributed by atoms with Gasteiger partial charge in [-0.2, -0.15) is 5.10 Å². The third-order valence-electron chi connectivity index (χ3n) is 3.48. The van der Waals surface area contributed by atoms with E-state index < -0.39 is 4.92 Å². The summed E-state index contributed by atoms with van der Waals surface area (Å²) in [5.41, 5.74) is 5.63. The summed E-state index contributed by atoms with van der Waals surface area (Å²) in [6.45, 7) is 3.75. The zero-order valence-electron chi connectivity index (χ0n) is 13.6. The van der Waals surface area contributed by atoms with E-state index in [-0.39, 0.29) is 5.69 Å². The highest BCUT2D eigenvalue weighted by molar-refractivity contribution is 7.17. The molecule has 3 aromatic rings. The average molecular weight is 353 g/mol. The molecule has 0 bridgehead atoms. The summed E-state index contributed by atoms with van der Waals surface area (Å²) in [5, 5.41) is 16.2. The first kappa shape index (κ1) is 16.7. The van der Waals surface area contributed by atoms with E-state index in [1.807, 2.05) is 26.0 Å². The first-order chi connectivity index (χ1) is 12.1. The van der Waals surface area contributed by atoms with Gasteiger partial charge in [0.25, 0.3) is 5.69 Å². The van der Waals surface area contributed by atoms with E-state index in [0.717, 1.165) is 21.1 Å². The smallest absolute Gasteiger partial charge is 0.271 e. The summed E-state index contributed by atoms with van der Waals surface area (Å²) in [6.07, 6.45) is 3.48. The highest BCUT2D eigenvalue weighted by atomic mass is 32.1. The normalized spacial score (nSPS) is 11.4. The van der Waals surface area contributed by atoms with Crippen molar-refractivity contribution < 1.29 is 4.92 Å². The van der Waals surface area contributed by atoms with Crippen LogP contribution in [0.4, 0.5) is 11.4 Å². The van der Waals surface area contributed by atoms with E-state index in [4.69, 9.17) is 0 Å². The maximum absolute atomic E-state index is 11.1. The molecule has 0 atom stereocenters. The zero-order valence-corrected chi connectivity index (χ0v) is 14.4. The number of hydrazone groups is 1. The molecule has 0 saturated carbocycles. The standard InChI is InChI=1S/C17H15N5O2S/c1-11-16(25-17(19-11)13-6-5-9-18-10-13)12(2)20-21-14-7-3-4-8-15(14)22(23)24/h3-10,21H,1-2H3/b20-12+. The van der Waals surface area contributed by atoms with Crippen molar-refractivity contribution in [2.45, 2.75) is 13.8 Å². The molecule has 8 heteroatoms. The first-order valence-corrected chi connectivity index (χ1v) is 8.30. The highest BCUT2D eigenvalue weighted by Gasteiger charge is 2.14. The summed E-state index contributed by atoms with van der Waals surface area (Å²) in [4.78, 5) is 20.2. The van der Waals surface area contributed by atoms with Crippen LogP contribution < -0.4 is 5.43 Å². The van der Waals surface area contributed by atoms with Gasteiger partial charge in [0.05, 0.1) is 21.2 Å². The molecule has 0 saturated heterocycles. The Morgan fingerprint density at radius 3 is 2.80 bits per heavy atom. The van der Waals surface area contributed by atoms with Crippen molar-refractivity contribution in [3.63, 3.8) is 0 Å². The Labute approximate surface area is 148 Å². The summed E-state index contributed by atoms with van der Waals surface area (Å²) in [6, 6.07) is 10.2. The number of hydrogen-bond acceptors (Lipinski definition) is 7. The number of anilines is 1. The topological polar surface area (TPSA) is 93.3 Å². The second kappa shape index (κ2) is 7.18. The number of benzene rings is 1. The van der Waals surface area contributed by atoms with Crippen molar-refractivity contribution in [1.82, 2.24) is 9.97 Å². The molecule has 2 aromatic heterocycles. The Kier molecular flexibility index (Phi) is 4.80. The van der Waals surface area contributed by atoms with Crippen LogP contribution in [0.2, 0.25) is 0 Å². The summed E-state index contributed by atoms with van der Waals surface area (Å²) >= 11 is 1.51. The van der Waals surface area contributed by atoms with Crippen molar-refractivity contribution in [2.75, 3.05) is 5.43 Å². The average Bonchev–Trinajstić information content (AvgIpc) is 3.02. The van der Waals surface area contributed by atoms with Gasteiger partial charge in [0.2, 0.25) is 0 Å². The number of nitrogens with one attached hydrogen (secondary N) is 1. The number of nitro benzene ring substituents is 1. The van der Waals surface area contributed by atoms with Crippen LogP contribution >= 0.6 is 11.3 Å². The lowest BCUT2D eigenvalue weighted by atomic mass is 10.3. The van der Waals surface area contributed by atoms with E-state index in [1.54, 1.807) is 30.6 Å². The molecule has 2 heterocycles. The molecule has 7 nitrogen and oxygen atoms in total. The van der Waals surface area contributed by atoms with Crippen molar-refractivity contribution in [3.8, 4) is 10.6 Å². The van der Waals surface area contributed by atoms with E-state index in [1.165, 1.54) is 17.4 Å². The molecule has 0 radical (unpaired) electrons. The Morgan fingerprint density at radius 2 is 2.08 bits per heavy atom. The van der Waals surface area contributed by atoms with Gasteiger partial charge in [-0.1, -0.05) is 12.1 Å². The largest absolute Gasteiger partial charge is 0.294 e. The zero-order chi connectivity index (χ0) is 17.8. The van der Waals surface area contributed by atoms with Gasteiger partial charge in [-0.15, -0.1) is 11.3 Å². The number of nitro groups is 1. The Balaban J connectivity index is 1.87. The van der Waals surface area contributed by atoms with Gasteiger partial charge in [-0.3, -0.25) is 20.5 Å². The first-order valence-electron chi connectivity index (χ1n) is 7.48. The van der Waals surface area contributed by atoms with Crippen molar-refractivity contribution in [1.29, 1.82) is 0 Å². The van der Waals surface area contributed by atoms with E-state index in [0.29, 0.717) is 11.4 Å². The maximum Gasteiger partial charge on any atom is 0.294 e. The third kappa shape index (κ3) is 3.69. The Hall–Kier alpha value is -3.13. The molecule has 0 spiro atoms. The lowest BCUT2D eigenvalue weighted by Crippen LogP contribution is -2.01. The maximum atomic E-state index is 11.1. The van der Waals surface area contributed by atoms with Gasteiger partial charge < -0.3 is 0 Å². The lowest BCUT2D eigenvalue weighted by Gasteiger charge is -2.03. The van der Waals surface area contributed by atoms with Gasteiger partial charge in [0.1, 0.15) is 10.7 Å². The van der Waals surface area contributed by atoms with Gasteiger partial charge >= 0.3 is 0 Å². The van der Waals surface area contributed by atoms with Gasteiger partial charge in [0, 0.05) is 24.0 Å². The van der Waals surface area contributed by atoms with Crippen LogP contribution in [0.3, 0.4) is 0 Å². The predicted molar refractivity (Wildman–Crippen MR) is 99.0 cm³/mol. The van der Waals surface area contributed by atoms with Gasteiger partial charge in [-0.25, -0.2) is 4.98 Å². The van der Waals surface area contributed by atoms with Gasteiger partial charge in [0.15, 0.2) is 0 Å². The molecule has 126 valence electrons. The van der Waals surface area contributed by atoms with Gasteiger partial charge in [-0.05, 0) is 32.0 Å². The van der Waals surface area contributed by atoms with Crippen LogP contribution in [0.15, 0.2) is 53.9 Å². The van der Waals surface area contributed by atoms with Crippen molar-refractivity contribution in [2.24, 2.45) is 5.10 Å². The summed E-state index contributed by atoms with van der Waals surface area (Å²) < 4.78 is 0. The fraction of sp³-hybridized carbons (Fsp3) is 0.118. The van der Waals surface area contributed by atoms with Crippen LogP contribution in [0.5, 0.6) is 0 Å². The second-order valence-corrected chi connectivity index (χ2v) is 6.26. The highest BCUT2D eigenvalue weighted by Crippen LogP contribution is 2.28. The SMILES string of the molecule is C/C(=N\Nc1ccccc1[N+](=O)[O-])c1sc(-c2cccnc2)nc1C. The van der Waals surface area contributed by atoms with E-state index in [9.17, 15) is 10.1 Å². The number of pyridine rings is 1. The lowest BCUT2D eigenvalue weighted by molar-refractivity contribution is -0.384. The van der Waals surface area contributed by atoms with Crippen molar-refractivity contribution >= 4 is 28.4 Å². The molecule has 25 heavy (non-hydrogen) atoms. The number of para-hydroxylation sites is 2. The quantitative estimate of drug-likeness (QED) is 0.420. The summed E-state index contributed by atoms with van der Waals surface area (Å²) in [5.74, 6) is 0. The summed E-state index contributed by atoms with van der Waals surface area (Å²) in [7, 11) is 0. The molecule has 1 aromatic carbocycles. The van der Waals surface area contributed by atoms with Crippen LogP contribution in [-0.2, 0) is 0 Å². The number of thiazole rings is 1. The molecular weight excluding hydrogens is 338 g/mol. The van der Waals surface area contributed by atoms with E-state index in [2.05, 4.69) is 20.5 Å². The fourth-order valence-electron chi connectivity index (χ4n) is 2.27. The Bertz CT molecular complexity index is 937. The minimum Gasteiger partial charge on any atom is -0.271 e. The molecule has 0 unspecified atom stereocenters. The number of nitrogens with zero attached hydrogens (tertiary/aromatic N) is 4. The van der Waals surface area contributed by atoms with Crippen LogP contribution in [0.25, 0.3) is 10.6 Å². The third-order valence-corrected chi connectivity index (χ3v) is 4.79. The van der Waals surface area contributed by atoms with Crippen LogP contribution in [0, 0.1) is 17.0 Å². The second-order valence-electron chi connectivity index (χ2n) is 5.26. The Morgan fingerprint density at radius 1 is 1.28 bits per heavy atom. The molecule has 0 aliphatic rings. The predicted octanol–water partition coefficient (Wildman–Crippen LogP) is 4.26. The minimum atomic E-state index is -0.439. The molecule has 0 amide bonds. The fourth-order valence-corrected chi connectivity index (χ4v) is 3.27. The van der Waals surface area contributed by atoms with Crippen LogP contribution in [-0.4, -0.2) is 20.6 Å². The number of aryl methyl sites for hydroxylation is 1. The number of aromatic nitrogens is 2. The number of rotatable bonds is 5. The number of hydrogen-bond donors (Lipinski definition) is 1. The van der Waals surface area contributed by atoms with E-state index >= 15 is 0 Å². The molecular formula is C17H15N5O2S.